The van der Waals surface area contributed by atoms with Crippen LogP contribution in [0, 0.1) is 10.1 Å². The second kappa shape index (κ2) is 6.66. The summed E-state index contributed by atoms with van der Waals surface area (Å²) in [6.07, 6.45) is 14.4. The second-order valence-corrected chi connectivity index (χ2v) is 4.72. The van der Waals surface area contributed by atoms with Crippen molar-refractivity contribution in [1.29, 1.82) is 0 Å². The van der Waals surface area contributed by atoms with Gasteiger partial charge in [0.15, 0.2) is 0 Å². The van der Waals surface area contributed by atoms with E-state index in [2.05, 4.69) is 42.5 Å². The minimum Gasteiger partial charge on any atom is -0.264 e. The molecule has 0 aromatic heterocycles. The topological polar surface area (TPSA) is 43.1 Å². The predicted molar refractivity (Wildman–Crippen MR) is 82.8 cm³/mol. The maximum Gasteiger partial charge on any atom is 0.228 e. The van der Waals surface area contributed by atoms with Gasteiger partial charge in [-0.1, -0.05) is 60.7 Å². The van der Waals surface area contributed by atoms with Gasteiger partial charge in [-0.2, -0.15) is 0 Å². The molecule has 1 unspecified atom stereocenters. The SMILES string of the molecule is CC(/C=C\C=C/c1ccc(C2=CC=CC2)cc1)[N+](=O)[O-]. The Kier molecular flexibility index (Phi) is 4.66. The Labute approximate surface area is 118 Å². The summed E-state index contributed by atoms with van der Waals surface area (Å²) >= 11 is 0. The smallest absolute Gasteiger partial charge is 0.228 e. The van der Waals surface area contributed by atoms with Crippen molar-refractivity contribution in [2.24, 2.45) is 0 Å². The highest BCUT2D eigenvalue weighted by Gasteiger charge is 2.05. The predicted octanol–water partition coefficient (Wildman–Crippen LogP) is 4.26. The van der Waals surface area contributed by atoms with Crippen molar-refractivity contribution in [2.45, 2.75) is 19.4 Å². The van der Waals surface area contributed by atoms with Gasteiger partial charge in [-0.15, -0.1) is 0 Å². The van der Waals surface area contributed by atoms with E-state index in [0.717, 1.165) is 12.0 Å². The molecule has 0 aliphatic heterocycles. The first-order chi connectivity index (χ1) is 9.66. The maximum atomic E-state index is 10.4. The Morgan fingerprint density at radius 3 is 2.60 bits per heavy atom. The van der Waals surface area contributed by atoms with Gasteiger partial charge in [-0.25, -0.2) is 0 Å². The summed E-state index contributed by atoms with van der Waals surface area (Å²) in [6, 6.07) is 7.65. The number of rotatable bonds is 5. The summed E-state index contributed by atoms with van der Waals surface area (Å²) < 4.78 is 0. The zero-order valence-corrected chi connectivity index (χ0v) is 11.4. The number of hydrogen-bond donors (Lipinski definition) is 0. The van der Waals surface area contributed by atoms with E-state index in [9.17, 15) is 10.1 Å². The van der Waals surface area contributed by atoms with Crippen LogP contribution in [0.15, 0.2) is 60.7 Å². The molecule has 0 heterocycles. The molecule has 0 N–H and O–H groups in total. The molecule has 1 aromatic carbocycles. The number of nitro groups is 1. The molecule has 0 bridgehead atoms. The van der Waals surface area contributed by atoms with Crippen molar-refractivity contribution in [1.82, 2.24) is 0 Å². The largest absolute Gasteiger partial charge is 0.264 e. The van der Waals surface area contributed by atoms with Crippen LogP contribution in [-0.2, 0) is 0 Å². The van der Waals surface area contributed by atoms with Crippen LogP contribution in [-0.4, -0.2) is 11.0 Å². The first-order valence-corrected chi connectivity index (χ1v) is 6.61. The van der Waals surface area contributed by atoms with Crippen LogP contribution in [0.4, 0.5) is 0 Å². The molecule has 1 aromatic rings. The Hall–Kier alpha value is -2.42. The summed E-state index contributed by atoms with van der Waals surface area (Å²) in [4.78, 5) is 10.1. The van der Waals surface area contributed by atoms with E-state index < -0.39 is 6.04 Å². The lowest BCUT2D eigenvalue weighted by atomic mass is 10.0. The van der Waals surface area contributed by atoms with Gasteiger partial charge < -0.3 is 0 Å². The average molecular weight is 267 g/mol. The van der Waals surface area contributed by atoms with Crippen molar-refractivity contribution < 1.29 is 4.92 Å². The first kappa shape index (κ1) is 14.0. The van der Waals surface area contributed by atoms with Gasteiger partial charge in [0.05, 0.1) is 0 Å². The highest BCUT2D eigenvalue weighted by atomic mass is 16.6. The molecule has 3 heteroatoms. The minimum absolute atomic E-state index is 0.317. The van der Waals surface area contributed by atoms with Crippen molar-refractivity contribution in [3.8, 4) is 0 Å². The van der Waals surface area contributed by atoms with Gasteiger partial charge in [-0.3, -0.25) is 10.1 Å². The Bertz CT molecular complexity index is 592. The highest BCUT2D eigenvalue weighted by molar-refractivity contribution is 5.71. The molecule has 0 spiro atoms. The summed E-state index contributed by atoms with van der Waals surface area (Å²) in [6.45, 7) is 1.56. The standard InChI is InChI=1S/C17H17NO2/c1-14(18(19)20)6-2-3-7-15-10-12-17(13-11-15)16-8-4-5-9-16/h2-8,10-14H,9H2,1H3/b6-2-,7-3-. The van der Waals surface area contributed by atoms with Crippen molar-refractivity contribution in [3.63, 3.8) is 0 Å². The maximum absolute atomic E-state index is 10.4. The van der Waals surface area contributed by atoms with Gasteiger partial charge in [0.25, 0.3) is 0 Å². The number of nitrogens with zero attached hydrogens (tertiary/aromatic N) is 1. The van der Waals surface area contributed by atoms with E-state index in [-0.39, 0.29) is 4.92 Å². The molecule has 0 saturated carbocycles. The van der Waals surface area contributed by atoms with Gasteiger partial charge in [-0.05, 0) is 29.2 Å². The fourth-order valence-electron chi connectivity index (χ4n) is 1.93. The lowest BCUT2D eigenvalue weighted by molar-refractivity contribution is -0.504. The van der Waals surface area contributed by atoms with Crippen LogP contribution < -0.4 is 0 Å². The molecule has 3 nitrogen and oxygen atoms in total. The molecule has 1 aliphatic carbocycles. The zero-order chi connectivity index (χ0) is 14.4. The second-order valence-electron chi connectivity index (χ2n) is 4.72. The number of allylic oxidation sites excluding steroid dienone is 6. The van der Waals surface area contributed by atoms with E-state index in [0.29, 0.717) is 0 Å². The van der Waals surface area contributed by atoms with E-state index >= 15 is 0 Å². The molecule has 0 radical (unpaired) electrons. The fourth-order valence-corrected chi connectivity index (χ4v) is 1.93. The van der Waals surface area contributed by atoms with Crippen molar-refractivity contribution in [3.05, 3.63) is 82.0 Å². The van der Waals surface area contributed by atoms with Crippen LogP contribution in [0.5, 0.6) is 0 Å². The van der Waals surface area contributed by atoms with Crippen molar-refractivity contribution >= 4 is 11.6 Å². The average Bonchev–Trinajstić information content (AvgIpc) is 2.98. The Balaban J connectivity index is 1.95. The van der Waals surface area contributed by atoms with Gasteiger partial charge in [0.2, 0.25) is 6.04 Å². The van der Waals surface area contributed by atoms with Crippen LogP contribution in [0.25, 0.3) is 11.6 Å². The molecular formula is C17H17NO2. The minimum atomic E-state index is -0.649. The van der Waals surface area contributed by atoms with Crippen LogP contribution in [0.1, 0.15) is 24.5 Å². The van der Waals surface area contributed by atoms with E-state index in [1.165, 1.54) is 11.1 Å². The molecule has 0 amide bonds. The summed E-state index contributed by atoms with van der Waals surface area (Å²) in [5.41, 5.74) is 3.66. The van der Waals surface area contributed by atoms with E-state index in [4.69, 9.17) is 0 Å². The normalized spacial score (nSPS) is 15.9. The Morgan fingerprint density at radius 1 is 1.25 bits per heavy atom. The zero-order valence-electron chi connectivity index (χ0n) is 11.4. The number of benzene rings is 1. The third kappa shape index (κ3) is 3.79. The van der Waals surface area contributed by atoms with Gasteiger partial charge >= 0.3 is 0 Å². The molecule has 0 fully saturated rings. The van der Waals surface area contributed by atoms with E-state index in [1.807, 2.05) is 12.2 Å². The molecule has 102 valence electrons. The summed E-state index contributed by atoms with van der Waals surface area (Å²) in [7, 11) is 0. The van der Waals surface area contributed by atoms with Gasteiger partial charge in [0.1, 0.15) is 0 Å². The van der Waals surface area contributed by atoms with Crippen LogP contribution in [0.2, 0.25) is 0 Å². The van der Waals surface area contributed by atoms with Gasteiger partial charge in [0, 0.05) is 11.8 Å². The monoisotopic (exact) mass is 267 g/mol. The third-order valence-electron chi connectivity index (χ3n) is 3.17. The fraction of sp³-hybridized carbons (Fsp3) is 0.176. The van der Waals surface area contributed by atoms with Crippen LogP contribution in [0.3, 0.4) is 0 Å². The van der Waals surface area contributed by atoms with Crippen LogP contribution >= 0.6 is 0 Å². The third-order valence-corrected chi connectivity index (χ3v) is 3.17. The number of hydrogen-bond acceptors (Lipinski definition) is 2. The highest BCUT2D eigenvalue weighted by Crippen LogP contribution is 2.23. The molecular weight excluding hydrogens is 250 g/mol. The Morgan fingerprint density at radius 2 is 2.00 bits per heavy atom. The summed E-state index contributed by atoms with van der Waals surface area (Å²) in [5, 5.41) is 10.4. The molecule has 2 rings (SSSR count). The molecule has 1 aliphatic rings. The summed E-state index contributed by atoms with van der Waals surface area (Å²) in [5.74, 6) is 0. The molecule has 0 saturated heterocycles. The van der Waals surface area contributed by atoms with E-state index in [1.54, 1.807) is 19.1 Å². The molecule has 20 heavy (non-hydrogen) atoms. The van der Waals surface area contributed by atoms with Crippen molar-refractivity contribution in [2.75, 3.05) is 0 Å². The quantitative estimate of drug-likeness (QED) is 0.454. The lowest BCUT2D eigenvalue weighted by Gasteiger charge is -2.02. The molecule has 1 atom stereocenters. The lowest BCUT2D eigenvalue weighted by Crippen LogP contribution is -2.10. The first-order valence-electron chi connectivity index (χ1n) is 6.61.